The van der Waals surface area contributed by atoms with Gasteiger partial charge >= 0.3 is 5.69 Å². The number of allylic oxidation sites excluding steroid dienone is 1. The van der Waals surface area contributed by atoms with Crippen LogP contribution in [0.5, 0.6) is 11.5 Å². The largest absolute Gasteiger partial charge is 0.502 e. The van der Waals surface area contributed by atoms with Crippen LogP contribution in [0, 0.1) is 10.1 Å². The number of phenols is 1. The van der Waals surface area contributed by atoms with Crippen LogP contribution in [0.4, 0.5) is 5.69 Å². The summed E-state index contributed by atoms with van der Waals surface area (Å²) in [6.45, 7) is 0. The van der Waals surface area contributed by atoms with Crippen molar-refractivity contribution in [3.05, 3.63) is 124 Å². The molecule has 184 valence electrons. The minimum atomic E-state index is -0.649. The molecule has 0 bridgehead atoms. The van der Waals surface area contributed by atoms with Crippen LogP contribution < -0.4 is 19.6 Å². The van der Waals surface area contributed by atoms with Crippen molar-refractivity contribution in [2.75, 3.05) is 7.11 Å². The van der Waals surface area contributed by atoms with Crippen molar-refractivity contribution in [3.63, 3.8) is 0 Å². The Morgan fingerprint density at radius 2 is 1.92 bits per heavy atom. The normalized spacial score (nSPS) is 16.5. The standard InChI is InChI=1S/C28H21N3O5S/c1-36-19-10-7-18(8-11-19)26-21-12-9-17-4-2-3-5-20(17)25(21)29-28-30(26)27(33)24(37-28)15-16-6-13-23(32)22(14-16)31(34)35/h2-8,10-11,13-15,26,32H,9,12H2,1H3/b24-15-/t26-/m1/s1. The fraction of sp³-hybridized carbons (Fsp3) is 0.143. The summed E-state index contributed by atoms with van der Waals surface area (Å²) < 4.78 is 7.47. The van der Waals surface area contributed by atoms with Gasteiger partial charge in [0.1, 0.15) is 5.75 Å². The molecule has 2 aliphatic rings. The van der Waals surface area contributed by atoms with Crippen molar-refractivity contribution in [2.24, 2.45) is 4.99 Å². The molecule has 3 aromatic carbocycles. The fourth-order valence-corrected chi connectivity index (χ4v) is 6.04. The van der Waals surface area contributed by atoms with E-state index in [0.717, 1.165) is 41.0 Å². The second-order valence-corrected chi connectivity index (χ2v) is 9.90. The number of rotatable bonds is 4. The number of hydrogen-bond donors (Lipinski definition) is 1. The summed E-state index contributed by atoms with van der Waals surface area (Å²) in [4.78, 5) is 30.0. The Labute approximate surface area is 214 Å². The molecule has 6 rings (SSSR count). The average Bonchev–Trinajstić information content (AvgIpc) is 3.22. The molecule has 0 saturated heterocycles. The molecule has 37 heavy (non-hydrogen) atoms. The van der Waals surface area contributed by atoms with Gasteiger partial charge in [0.05, 0.1) is 28.3 Å². The minimum Gasteiger partial charge on any atom is -0.502 e. The van der Waals surface area contributed by atoms with Crippen LogP contribution in [0.15, 0.2) is 82.1 Å². The number of hydrogen-bond acceptors (Lipinski definition) is 7. The zero-order chi connectivity index (χ0) is 25.7. The maximum Gasteiger partial charge on any atom is 0.311 e. The van der Waals surface area contributed by atoms with Gasteiger partial charge in [0.25, 0.3) is 5.56 Å². The third-order valence-corrected chi connectivity index (χ3v) is 7.78. The maximum atomic E-state index is 13.8. The van der Waals surface area contributed by atoms with Crippen molar-refractivity contribution >= 4 is 28.8 Å². The van der Waals surface area contributed by atoms with Crippen LogP contribution in [0.1, 0.15) is 34.7 Å². The lowest BCUT2D eigenvalue weighted by Gasteiger charge is -2.30. The first-order valence-corrected chi connectivity index (χ1v) is 12.5. The van der Waals surface area contributed by atoms with Crippen LogP contribution >= 0.6 is 11.3 Å². The quantitative estimate of drug-likeness (QED) is 0.330. The molecule has 9 heteroatoms. The van der Waals surface area contributed by atoms with Crippen molar-refractivity contribution in [3.8, 4) is 11.5 Å². The second kappa shape index (κ2) is 8.86. The van der Waals surface area contributed by atoms with Gasteiger partial charge in [0.2, 0.25) is 0 Å². The number of nitro groups is 1. The number of aromatic nitrogens is 1. The zero-order valence-electron chi connectivity index (χ0n) is 19.7. The molecule has 1 atom stereocenters. The molecule has 4 aromatic rings. The van der Waals surface area contributed by atoms with Crippen LogP contribution in [0.25, 0.3) is 11.8 Å². The van der Waals surface area contributed by atoms with Crippen molar-refractivity contribution in [2.45, 2.75) is 18.9 Å². The lowest BCUT2D eigenvalue weighted by Crippen LogP contribution is -2.38. The van der Waals surface area contributed by atoms with Gasteiger partial charge in [0, 0.05) is 11.6 Å². The van der Waals surface area contributed by atoms with Gasteiger partial charge in [-0.05, 0) is 59.4 Å². The first kappa shape index (κ1) is 22.9. The lowest BCUT2D eigenvalue weighted by molar-refractivity contribution is -0.385. The van der Waals surface area contributed by atoms with Gasteiger partial charge in [-0.2, -0.15) is 0 Å². The number of methoxy groups -OCH3 is 1. The van der Waals surface area contributed by atoms with Crippen molar-refractivity contribution in [1.82, 2.24) is 4.57 Å². The van der Waals surface area contributed by atoms with E-state index >= 15 is 0 Å². The number of aromatic hydroxyl groups is 1. The van der Waals surface area contributed by atoms with Crippen LogP contribution in [0.2, 0.25) is 0 Å². The molecule has 0 unspecified atom stereocenters. The second-order valence-electron chi connectivity index (χ2n) is 8.89. The number of benzene rings is 3. The number of phenolic OH excluding ortho intramolecular Hbond substituents is 1. The average molecular weight is 512 g/mol. The van der Waals surface area contributed by atoms with Crippen LogP contribution in [-0.2, 0) is 6.42 Å². The first-order valence-electron chi connectivity index (χ1n) is 11.7. The molecule has 2 heterocycles. The fourth-order valence-electron chi connectivity index (χ4n) is 5.04. The molecule has 1 N–H and O–H groups in total. The predicted molar refractivity (Wildman–Crippen MR) is 141 cm³/mol. The summed E-state index contributed by atoms with van der Waals surface area (Å²) in [7, 11) is 1.62. The number of fused-ring (bicyclic) bond motifs is 3. The Hall–Kier alpha value is -4.50. The van der Waals surface area contributed by atoms with E-state index in [1.165, 1.54) is 29.0 Å². The first-order chi connectivity index (χ1) is 17.9. The van der Waals surface area contributed by atoms with E-state index in [9.17, 15) is 20.0 Å². The smallest absolute Gasteiger partial charge is 0.311 e. The Balaban J connectivity index is 1.59. The highest BCUT2D eigenvalue weighted by Crippen LogP contribution is 2.41. The van der Waals surface area contributed by atoms with Gasteiger partial charge < -0.3 is 9.84 Å². The van der Waals surface area contributed by atoms with E-state index in [-0.39, 0.29) is 11.6 Å². The molecular formula is C28H21N3O5S. The Kier molecular flexibility index (Phi) is 5.49. The molecule has 0 amide bonds. The van der Waals surface area contributed by atoms with E-state index in [0.29, 0.717) is 14.9 Å². The Morgan fingerprint density at radius 1 is 1.14 bits per heavy atom. The molecule has 1 aromatic heterocycles. The summed E-state index contributed by atoms with van der Waals surface area (Å²) >= 11 is 1.25. The molecule has 1 aliphatic heterocycles. The lowest BCUT2D eigenvalue weighted by atomic mass is 9.83. The highest BCUT2D eigenvalue weighted by atomic mass is 32.1. The van der Waals surface area contributed by atoms with Gasteiger partial charge in [-0.1, -0.05) is 53.8 Å². The number of ether oxygens (including phenoxy) is 1. The Bertz CT molecular complexity index is 1780. The molecule has 0 radical (unpaired) electrons. The zero-order valence-corrected chi connectivity index (χ0v) is 20.6. The number of nitrogens with zero attached hydrogens (tertiary/aromatic N) is 3. The highest BCUT2D eigenvalue weighted by Gasteiger charge is 2.32. The Morgan fingerprint density at radius 3 is 2.68 bits per heavy atom. The number of nitro benzene ring substituents is 1. The summed E-state index contributed by atoms with van der Waals surface area (Å²) in [5.74, 6) is 0.308. The molecule has 1 aliphatic carbocycles. The molecular weight excluding hydrogens is 490 g/mol. The van der Waals surface area contributed by atoms with E-state index in [2.05, 4.69) is 12.1 Å². The van der Waals surface area contributed by atoms with Gasteiger partial charge in [-0.15, -0.1) is 0 Å². The summed E-state index contributed by atoms with van der Waals surface area (Å²) in [6.07, 6.45) is 3.25. The van der Waals surface area contributed by atoms with Gasteiger partial charge in [-0.3, -0.25) is 19.5 Å². The SMILES string of the molecule is COc1ccc([C@@H]2C3=C(N=c4s/c(=C\c5ccc(O)c([N+](=O)[O-])c5)c(=O)n42)c2ccccc2CC3)cc1. The molecule has 0 fully saturated rings. The van der Waals surface area contributed by atoms with Crippen molar-refractivity contribution < 1.29 is 14.8 Å². The summed E-state index contributed by atoms with van der Waals surface area (Å²) in [5.41, 5.74) is 5.07. The molecule has 0 saturated carbocycles. The van der Waals surface area contributed by atoms with Gasteiger partial charge in [-0.25, -0.2) is 4.99 Å². The predicted octanol–water partition coefficient (Wildman–Crippen LogP) is 3.94. The summed E-state index contributed by atoms with van der Waals surface area (Å²) in [6, 6.07) is 19.7. The van der Waals surface area contributed by atoms with E-state index < -0.39 is 16.4 Å². The number of thiazole rings is 1. The maximum absolute atomic E-state index is 13.8. The monoisotopic (exact) mass is 511 g/mol. The molecule has 8 nitrogen and oxygen atoms in total. The molecule has 0 spiro atoms. The van der Waals surface area contributed by atoms with Crippen molar-refractivity contribution in [1.29, 1.82) is 0 Å². The third-order valence-electron chi connectivity index (χ3n) is 6.80. The van der Waals surface area contributed by atoms with Crippen LogP contribution in [0.3, 0.4) is 0 Å². The van der Waals surface area contributed by atoms with E-state index in [4.69, 9.17) is 9.73 Å². The van der Waals surface area contributed by atoms with Crippen LogP contribution in [-0.4, -0.2) is 21.7 Å². The van der Waals surface area contributed by atoms with Gasteiger partial charge in [0.15, 0.2) is 10.6 Å². The van der Waals surface area contributed by atoms with E-state index in [1.54, 1.807) is 23.8 Å². The number of aryl methyl sites for hydroxylation is 1. The third kappa shape index (κ3) is 3.84. The van der Waals surface area contributed by atoms with E-state index in [1.807, 2.05) is 36.4 Å². The highest BCUT2D eigenvalue weighted by molar-refractivity contribution is 7.07. The minimum absolute atomic E-state index is 0.217. The summed E-state index contributed by atoms with van der Waals surface area (Å²) in [5, 5.41) is 21.1. The topological polar surface area (TPSA) is 107 Å².